The Hall–Kier alpha value is -8.04. The molecule has 1 nitrogen and oxygen atoms in total. The van der Waals surface area contributed by atoms with Crippen LogP contribution < -0.4 is 4.90 Å². The van der Waals surface area contributed by atoms with Gasteiger partial charge in [0.1, 0.15) is 0 Å². The molecule has 12 aromatic carbocycles. The van der Waals surface area contributed by atoms with E-state index in [4.69, 9.17) is 0 Å². The quantitative estimate of drug-likeness (QED) is 0.151. The molecule has 13 rings (SSSR count). The third-order valence-electron chi connectivity index (χ3n) is 13.2. The molecule has 0 N–H and O–H groups in total. The highest BCUT2D eigenvalue weighted by Gasteiger charge is 2.22. The van der Waals surface area contributed by atoms with E-state index in [1.54, 1.807) is 0 Å². The molecule has 13 aromatic rings. The first-order valence-corrected chi connectivity index (χ1v) is 22.8. The Morgan fingerprint density at radius 3 is 1.45 bits per heavy atom. The van der Waals surface area contributed by atoms with Crippen molar-refractivity contribution < 1.29 is 0 Å². The van der Waals surface area contributed by atoms with Gasteiger partial charge in [0.05, 0.1) is 5.69 Å². The highest BCUT2D eigenvalue weighted by atomic mass is 32.1. The minimum atomic E-state index is 1.09. The predicted octanol–water partition coefficient (Wildman–Crippen LogP) is 18.3. The van der Waals surface area contributed by atoms with Gasteiger partial charge in [0.15, 0.2) is 0 Å². The number of anilines is 3. The van der Waals surface area contributed by atoms with Crippen LogP contribution in [0.25, 0.3) is 107 Å². The third-order valence-corrected chi connectivity index (χ3v) is 14.4. The molecule has 0 atom stereocenters. The first kappa shape index (κ1) is 36.6. The van der Waals surface area contributed by atoms with Crippen LogP contribution in [-0.2, 0) is 0 Å². The molecule has 298 valence electrons. The molecular formula is C62H39NS. The van der Waals surface area contributed by atoms with Crippen molar-refractivity contribution in [3.63, 3.8) is 0 Å². The summed E-state index contributed by atoms with van der Waals surface area (Å²) in [6, 6.07) is 87.5. The molecule has 0 fully saturated rings. The summed E-state index contributed by atoms with van der Waals surface area (Å²) in [5.41, 5.74) is 10.5. The van der Waals surface area contributed by atoms with E-state index in [-0.39, 0.29) is 0 Å². The molecule has 64 heavy (non-hydrogen) atoms. The van der Waals surface area contributed by atoms with Gasteiger partial charge in [-0.25, -0.2) is 0 Å². The van der Waals surface area contributed by atoms with E-state index in [1.807, 2.05) is 11.3 Å². The number of hydrogen-bond donors (Lipinski definition) is 0. The molecule has 0 radical (unpaired) electrons. The van der Waals surface area contributed by atoms with E-state index < -0.39 is 0 Å². The Balaban J connectivity index is 1.08. The lowest BCUT2D eigenvalue weighted by atomic mass is 9.90. The lowest BCUT2D eigenvalue weighted by Crippen LogP contribution is -2.11. The van der Waals surface area contributed by atoms with Gasteiger partial charge in [0.2, 0.25) is 0 Å². The molecule has 2 heteroatoms. The standard InChI is InChI=1S/C62H39NS/c1-2-12-40(13-3-1)42-24-30-48(31-25-42)63(49-32-26-43(27-33-49)46-23-22-41-14-4-5-16-45(41)36-46)60-39-58-54-21-11-9-19-52(54)51-18-8-10-20-53(51)57(58)38-56(60)47-29-35-61-59(37-47)55-34-28-44-15-6-7-17-50(44)62(55)64-61/h1-39H. The Labute approximate surface area is 375 Å². The van der Waals surface area contributed by atoms with E-state index in [0.717, 1.165) is 17.1 Å². The number of nitrogens with zero attached hydrogens (tertiary/aromatic N) is 1. The van der Waals surface area contributed by atoms with Gasteiger partial charge in [0, 0.05) is 37.1 Å². The van der Waals surface area contributed by atoms with Gasteiger partial charge >= 0.3 is 0 Å². The number of rotatable bonds is 6. The molecule has 0 spiro atoms. The number of hydrogen-bond acceptors (Lipinski definition) is 2. The minimum absolute atomic E-state index is 1.09. The molecule has 0 aliphatic rings. The average Bonchev–Trinajstić information content (AvgIpc) is 3.75. The normalized spacial score (nSPS) is 11.8. The molecule has 1 heterocycles. The molecular weight excluding hydrogens is 791 g/mol. The van der Waals surface area contributed by atoms with Gasteiger partial charge in [-0.05, 0) is 136 Å². The van der Waals surface area contributed by atoms with E-state index >= 15 is 0 Å². The summed E-state index contributed by atoms with van der Waals surface area (Å²) >= 11 is 1.89. The maximum Gasteiger partial charge on any atom is 0.0546 e. The fourth-order valence-corrected chi connectivity index (χ4v) is 11.3. The fraction of sp³-hybridized carbons (Fsp3) is 0. The number of benzene rings is 12. The molecule has 0 amide bonds. The first-order valence-electron chi connectivity index (χ1n) is 22.0. The summed E-state index contributed by atoms with van der Waals surface area (Å²) in [7, 11) is 0. The zero-order chi connectivity index (χ0) is 42.1. The van der Waals surface area contributed by atoms with Crippen molar-refractivity contribution in [3.05, 3.63) is 237 Å². The SMILES string of the molecule is c1ccc(-c2ccc(N(c3ccc(-c4ccc5ccccc5c4)cc3)c3cc4c5ccccc5c5ccccc5c4cc3-c3ccc4sc5c6ccccc6ccc5c4c3)cc2)cc1. The molecule has 0 bridgehead atoms. The Morgan fingerprint density at radius 1 is 0.266 bits per heavy atom. The van der Waals surface area contributed by atoms with Gasteiger partial charge in [-0.15, -0.1) is 11.3 Å². The van der Waals surface area contributed by atoms with Gasteiger partial charge in [-0.1, -0.05) is 182 Å². The first-order chi connectivity index (χ1) is 31.7. The maximum atomic E-state index is 2.47. The lowest BCUT2D eigenvalue weighted by Gasteiger charge is -2.29. The topological polar surface area (TPSA) is 3.24 Å². The summed E-state index contributed by atoms with van der Waals surface area (Å²) < 4.78 is 2.64. The fourth-order valence-electron chi connectivity index (χ4n) is 10.1. The molecule has 1 aromatic heterocycles. The van der Waals surface area contributed by atoms with Crippen LogP contribution in [0.2, 0.25) is 0 Å². The summed E-state index contributed by atoms with van der Waals surface area (Å²) in [6.45, 7) is 0. The predicted molar refractivity (Wildman–Crippen MR) is 278 cm³/mol. The number of thiophene rings is 1. The van der Waals surface area contributed by atoms with Crippen molar-refractivity contribution >= 4 is 102 Å². The zero-order valence-corrected chi connectivity index (χ0v) is 35.7. The van der Waals surface area contributed by atoms with E-state index in [9.17, 15) is 0 Å². The van der Waals surface area contributed by atoms with Gasteiger partial charge in [-0.3, -0.25) is 0 Å². The zero-order valence-electron chi connectivity index (χ0n) is 34.9. The largest absolute Gasteiger partial charge is 0.310 e. The van der Waals surface area contributed by atoms with Gasteiger partial charge in [-0.2, -0.15) is 0 Å². The summed E-state index contributed by atoms with van der Waals surface area (Å²) in [4.78, 5) is 2.47. The van der Waals surface area contributed by atoms with Crippen LogP contribution >= 0.6 is 11.3 Å². The van der Waals surface area contributed by atoms with Gasteiger partial charge < -0.3 is 4.90 Å². The molecule has 0 aliphatic heterocycles. The van der Waals surface area contributed by atoms with E-state index in [1.165, 1.54) is 107 Å². The van der Waals surface area contributed by atoms with Crippen molar-refractivity contribution in [2.75, 3.05) is 4.90 Å². The van der Waals surface area contributed by atoms with Crippen LogP contribution in [0.1, 0.15) is 0 Å². The lowest BCUT2D eigenvalue weighted by molar-refractivity contribution is 1.29. The summed E-state index contributed by atoms with van der Waals surface area (Å²) in [5, 5.41) is 15.2. The second-order valence-electron chi connectivity index (χ2n) is 16.8. The highest BCUT2D eigenvalue weighted by molar-refractivity contribution is 7.26. The second kappa shape index (κ2) is 14.8. The molecule has 0 aliphatic carbocycles. The number of fused-ring (bicyclic) bond motifs is 12. The van der Waals surface area contributed by atoms with Crippen LogP contribution in [-0.4, -0.2) is 0 Å². The highest BCUT2D eigenvalue weighted by Crippen LogP contribution is 2.48. The monoisotopic (exact) mass is 829 g/mol. The summed E-state index contributed by atoms with van der Waals surface area (Å²) in [5.74, 6) is 0. The van der Waals surface area contributed by atoms with Crippen molar-refractivity contribution in [1.82, 2.24) is 0 Å². The van der Waals surface area contributed by atoms with Crippen molar-refractivity contribution in [2.24, 2.45) is 0 Å². The third kappa shape index (κ3) is 5.99. The second-order valence-corrected chi connectivity index (χ2v) is 17.9. The minimum Gasteiger partial charge on any atom is -0.310 e. The van der Waals surface area contributed by atoms with E-state index in [0.29, 0.717) is 0 Å². The van der Waals surface area contributed by atoms with Crippen LogP contribution in [0.3, 0.4) is 0 Å². The maximum absolute atomic E-state index is 2.47. The summed E-state index contributed by atoms with van der Waals surface area (Å²) in [6.07, 6.45) is 0. The molecule has 0 saturated carbocycles. The van der Waals surface area contributed by atoms with Crippen LogP contribution in [0, 0.1) is 0 Å². The van der Waals surface area contributed by atoms with Crippen LogP contribution in [0.4, 0.5) is 17.1 Å². The van der Waals surface area contributed by atoms with Crippen LogP contribution in [0.15, 0.2) is 237 Å². The average molecular weight is 830 g/mol. The molecule has 0 saturated heterocycles. The Kier molecular flexibility index (Phi) is 8.47. The van der Waals surface area contributed by atoms with Crippen molar-refractivity contribution in [1.29, 1.82) is 0 Å². The van der Waals surface area contributed by atoms with Gasteiger partial charge in [0.25, 0.3) is 0 Å². The smallest absolute Gasteiger partial charge is 0.0546 e. The Bertz CT molecular complexity index is 3940. The van der Waals surface area contributed by atoms with Crippen LogP contribution in [0.5, 0.6) is 0 Å². The molecule has 0 unspecified atom stereocenters. The van der Waals surface area contributed by atoms with Crippen molar-refractivity contribution in [2.45, 2.75) is 0 Å². The van der Waals surface area contributed by atoms with E-state index in [2.05, 4.69) is 241 Å². The van der Waals surface area contributed by atoms with Crippen molar-refractivity contribution in [3.8, 4) is 33.4 Å². The Morgan fingerprint density at radius 2 is 0.766 bits per heavy atom.